The van der Waals surface area contributed by atoms with Crippen LogP contribution in [0.25, 0.3) is 49.9 Å². The minimum Gasteiger partial charge on any atom is -0.384 e. The fraction of sp³-hybridized carbons (Fsp3) is 0.0938. The number of nitrogens with zero attached hydrogens (tertiary/aromatic N) is 4. The Kier molecular flexibility index (Phi) is 5.66. The summed E-state index contributed by atoms with van der Waals surface area (Å²) in [5.74, 6) is 0.378. The molecule has 7 aromatic rings. The van der Waals surface area contributed by atoms with E-state index in [-0.39, 0.29) is 5.82 Å². The summed E-state index contributed by atoms with van der Waals surface area (Å²) in [6.07, 6.45) is 5.39. The van der Waals surface area contributed by atoms with Gasteiger partial charge >= 0.3 is 0 Å². The van der Waals surface area contributed by atoms with Gasteiger partial charge in [0.25, 0.3) is 0 Å². The lowest BCUT2D eigenvalue weighted by molar-refractivity contribution is 0.112. The molecular weight excluding hydrogens is 503 g/mol. The van der Waals surface area contributed by atoms with Gasteiger partial charge in [0.1, 0.15) is 11.6 Å². The van der Waals surface area contributed by atoms with Crippen molar-refractivity contribution >= 4 is 44.8 Å². The second-order valence-electron chi connectivity index (χ2n) is 9.90. The summed E-state index contributed by atoms with van der Waals surface area (Å²) in [7, 11) is 1.95. The number of rotatable bonds is 7. The Hall–Kier alpha value is -5.24. The normalized spacial score (nSPS) is 11.6. The first-order valence-electron chi connectivity index (χ1n) is 13.1. The zero-order valence-corrected chi connectivity index (χ0v) is 21.7. The van der Waals surface area contributed by atoms with Crippen molar-refractivity contribution < 1.29 is 9.18 Å². The second-order valence-corrected chi connectivity index (χ2v) is 9.90. The van der Waals surface area contributed by atoms with Gasteiger partial charge in [-0.05, 0) is 48.5 Å². The molecule has 0 aliphatic heterocycles. The lowest BCUT2D eigenvalue weighted by Crippen LogP contribution is -2.08. The van der Waals surface area contributed by atoms with Crippen molar-refractivity contribution in [2.75, 3.05) is 11.9 Å². The first-order chi connectivity index (χ1) is 19.6. The average molecular weight is 529 g/mol. The molecule has 3 heterocycles. The van der Waals surface area contributed by atoms with Gasteiger partial charge in [0, 0.05) is 59.5 Å². The highest BCUT2D eigenvalue weighted by molar-refractivity contribution is 6.15. The number of carbonyl (C=O) groups excluding carboxylic acids is 1. The largest absolute Gasteiger partial charge is 0.384 e. The van der Waals surface area contributed by atoms with Crippen LogP contribution in [0.2, 0.25) is 0 Å². The molecule has 196 valence electrons. The van der Waals surface area contributed by atoms with Crippen molar-refractivity contribution in [3.8, 4) is 17.1 Å². The van der Waals surface area contributed by atoms with E-state index in [1.165, 1.54) is 12.1 Å². The number of imidazole rings is 2. The van der Waals surface area contributed by atoms with Gasteiger partial charge < -0.3 is 19.4 Å². The van der Waals surface area contributed by atoms with Crippen LogP contribution in [0.1, 0.15) is 16.1 Å². The Labute approximate surface area is 228 Å². The maximum Gasteiger partial charge on any atom is 0.152 e. The number of anilines is 1. The summed E-state index contributed by atoms with van der Waals surface area (Å²) in [5.41, 5.74) is 7.62. The van der Waals surface area contributed by atoms with Crippen molar-refractivity contribution in [1.29, 1.82) is 0 Å². The van der Waals surface area contributed by atoms with Gasteiger partial charge in [-0.2, -0.15) is 0 Å². The SMILES string of the molecule is Cn1cnc(CCNc2cc(-n3c4ccccc4c4c(-c5nc6ccc(F)cc6[nH]5)cccc43)ccc2C=O)c1. The summed E-state index contributed by atoms with van der Waals surface area (Å²) >= 11 is 0. The number of aromatic nitrogens is 5. The number of benzene rings is 4. The lowest BCUT2D eigenvalue weighted by Gasteiger charge is -2.13. The molecule has 3 aromatic heterocycles. The first kappa shape index (κ1) is 23.8. The van der Waals surface area contributed by atoms with Gasteiger partial charge in [-0.15, -0.1) is 0 Å². The van der Waals surface area contributed by atoms with Crippen LogP contribution in [0, 0.1) is 5.82 Å². The number of hydrogen-bond donors (Lipinski definition) is 2. The van der Waals surface area contributed by atoms with Gasteiger partial charge in [0.05, 0.1) is 34.1 Å². The minimum atomic E-state index is -0.305. The molecule has 0 spiro atoms. The monoisotopic (exact) mass is 528 g/mol. The number of hydrogen-bond acceptors (Lipinski definition) is 4. The zero-order chi connectivity index (χ0) is 27.2. The molecule has 0 saturated carbocycles. The minimum absolute atomic E-state index is 0.305. The van der Waals surface area contributed by atoms with Crippen LogP contribution in [-0.4, -0.2) is 36.9 Å². The van der Waals surface area contributed by atoms with Crippen LogP contribution in [-0.2, 0) is 13.5 Å². The fourth-order valence-electron chi connectivity index (χ4n) is 5.46. The van der Waals surface area contributed by atoms with E-state index in [1.807, 2.05) is 60.3 Å². The van der Waals surface area contributed by atoms with Crippen LogP contribution in [0.5, 0.6) is 0 Å². The zero-order valence-electron chi connectivity index (χ0n) is 21.7. The smallest absolute Gasteiger partial charge is 0.152 e. The third-order valence-electron chi connectivity index (χ3n) is 7.27. The van der Waals surface area contributed by atoms with Crippen molar-refractivity contribution in [3.05, 3.63) is 108 Å². The summed E-state index contributed by atoms with van der Waals surface area (Å²) in [6.45, 7) is 0.644. The van der Waals surface area contributed by atoms with Crippen LogP contribution < -0.4 is 5.32 Å². The molecule has 0 fully saturated rings. The number of aryl methyl sites for hydroxylation is 1. The molecule has 0 aliphatic carbocycles. The number of aromatic amines is 1. The molecule has 0 amide bonds. The Bertz CT molecular complexity index is 2050. The fourth-order valence-corrected chi connectivity index (χ4v) is 5.46. The quantitative estimate of drug-likeness (QED) is 0.227. The van der Waals surface area contributed by atoms with Gasteiger partial charge in [-0.1, -0.05) is 30.3 Å². The predicted molar refractivity (Wildman–Crippen MR) is 157 cm³/mol. The molecule has 0 unspecified atom stereocenters. The maximum atomic E-state index is 13.9. The number of aldehydes is 1. The maximum absolute atomic E-state index is 13.9. The molecule has 0 aliphatic rings. The third kappa shape index (κ3) is 4.01. The second kappa shape index (κ2) is 9.50. The van der Waals surface area contributed by atoms with Crippen LogP contribution in [0.15, 0.2) is 91.4 Å². The Morgan fingerprint density at radius 3 is 2.73 bits per heavy atom. The lowest BCUT2D eigenvalue weighted by atomic mass is 10.1. The van der Waals surface area contributed by atoms with E-state index in [2.05, 4.69) is 38.1 Å². The molecule has 2 N–H and O–H groups in total. The molecule has 0 bridgehead atoms. The van der Waals surface area contributed by atoms with Crippen LogP contribution >= 0.6 is 0 Å². The third-order valence-corrected chi connectivity index (χ3v) is 7.27. The van der Waals surface area contributed by atoms with Crippen molar-refractivity contribution in [2.45, 2.75) is 6.42 Å². The topological polar surface area (TPSA) is 80.5 Å². The highest BCUT2D eigenvalue weighted by Crippen LogP contribution is 2.38. The van der Waals surface area contributed by atoms with Crippen molar-refractivity contribution in [3.63, 3.8) is 0 Å². The number of fused-ring (bicyclic) bond motifs is 4. The molecular formula is C32H25FN6O. The van der Waals surface area contributed by atoms with Crippen LogP contribution in [0.4, 0.5) is 10.1 Å². The van der Waals surface area contributed by atoms with E-state index in [0.717, 1.165) is 57.1 Å². The highest BCUT2D eigenvalue weighted by Gasteiger charge is 2.18. The van der Waals surface area contributed by atoms with Crippen molar-refractivity contribution in [1.82, 2.24) is 24.1 Å². The average Bonchev–Trinajstić information content (AvgIpc) is 3.67. The van der Waals surface area contributed by atoms with E-state index in [4.69, 9.17) is 4.98 Å². The molecule has 0 saturated heterocycles. The first-order valence-corrected chi connectivity index (χ1v) is 13.1. The molecule has 0 radical (unpaired) electrons. The summed E-state index contributed by atoms with van der Waals surface area (Å²) in [5, 5.41) is 5.55. The Morgan fingerprint density at radius 2 is 1.88 bits per heavy atom. The van der Waals surface area contributed by atoms with Gasteiger partial charge in [0.2, 0.25) is 0 Å². The van der Waals surface area contributed by atoms with Crippen LogP contribution in [0.3, 0.4) is 0 Å². The van der Waals surface area contributed by atoms with E-state index in [1.54, 1.807) is 12.4 Å². The van der Waals surface area contributed by atoms with Crippen molar-refractivity contribution in [2.24, 2.45) is 7.05 Å². The molecule has 0 atom stereocenters. The Morgan fingerprint density at radius 1 is 1.00 bits per heavy atom. The number of para-hydroxylation sites is 1. The molecule has 8 heteroatoms. The summed E-state index contributed by atoms with van der Waals surface area (Å²) in [6, 6.07) is 24.8. The predicted octanol–water partition coefficient (Wildman–Crippen LogP) is 6.67. The van der Waals surface area contributed by atoms with Gasteiger partial charge in [0.15, 0.2) is 6.29 Å². The molecule has 7 nitrogen and oxygen atoms in total. The summed E-state index contributed by atoms with van der Waals surface area (Å²) < 4.78 is 18.0. The standard InChI is InChI=1S/C32H25FN6O/c1-38-17-22(35-19-38)13-14-34-27-16-23(11-9-20(27)18-40)39-29-7-3-2-5-24(29)31-25(6-4-8-30(31)39)32-36-26-12-10-21(33)15-28(26)37-32/h2-12,15-19,34H,13-14H2,1H3,(H,36,37). The molecule has 7 rings (SSSR count). The van der Waals surface area contributed by atoms with Gasteiger partial charge in [-0.25, -0.2) is 14.4 Å². The van der Waals surface area contributed by atoms with E-state index in [9.17, 15) is 9.18 Å². The van der Waals surface area contributed by atoms with E-state index in [0.29, 0.717) is 29.0 Å². The summed E-state index contributed by atoms with van der Waals surface area (Å²) in [4.78, 5) is 24.4. The van der Waals surface area contributed by atoms with E-state index < -0.39 is 0 Å². The highest BCUT2D eigenvalue weighted by atomic mass is 19.1. The van der Waals surface area contributed by atoms with Gasteiger partial charge in [-0.3, -0.25) is 4.79 Å². The number of nitrogens with one attached hydrogen (secondary N) is 2. The molecule has 4 aromatic carbocycles. The number of halogens is 1. The number of carbonyl (C=O) groups is 1. The van der Waals surface area contributed by atoms with E-state index >= 15 is 0 Å². The number of H-pyrrole nitrogens is 1. The molecule has 40 heavy (non-hydrogen) atoms. The Balaban J connectivity index is 1.36.